The summed E-state index contributed by atoms with van der Waals surface area (Å²) in [5.41, 5.74) is 0. The van der Waals surface area contributed by atoms with Crippen molar-refractivity contribution in [1.82, 2.24) is 20.4 Å². The Morgan fingerprint density at radius 3 is 1.23 bits per heavy atom. The highest BCUT2D eigenvalue weighted by Crippen LogP contribution is 2.19. The van der Waals surface area contributed by atoms with Gasteiger partial charge in [-0.2, -0.15) is 0 Å². The summed E-state index contributed by atoms with van der Waals surface area (Å²) in [6.07, 6.45) is 1.46. The maximum atomic E-state index is 11.6. The molecule has 2 atom stereocenters. The van der Waals surface area contributed by atoms with Crippen molar-refractivity contribution >= 4 is 23.6 Å². The van der Waals surface area contributed by atoms with E-state index in [-0.39, 0.29) is 61.9 Å². The number of hydrogen-bond acceptors (Lipinski definition) is 6. The van der Waals surface area contributed by atoms with Gasteiger partial charge in [0.2, 0.25) is 23.6 Å². The lowest BCUT2D eigenvalue weighted by Gasteiger charge is -2.43. The van der Waals surface area contributed by atoms with Gasteiger partial charge in [0.05, 0.1) is 26.2 Å². The van der Waals surface area contributed by atoms with Crippen LogP contribution in [0, 0.1) is 0 Å². The lowest BCUT2D eigenvalue weighted by Crippen LogP contribution is -2.63. The van der Waals surface area contributed by atoms with Gasteiger partial charge >= 0.3 is 0 Å². The van der Waals surface area contributed by atoms with Gasteiger partial charge in [0.1, 0.15) is 0 Å². The van der Waals surface area contributed by atoms with Gasteiger partial charge in [0.25, 0.3) is 0 Å². The van der Waals surface area contributed by atoms with Crippen LogP contribution in [0.5, 0.6) is 0 Å². The number of piperazine rings is 2. The molecular weight excluding hydrogens is 288 g/mol. The van der Waals surface area contributed by atoms with E-state index in [0.29, 0.717) is 0 Å². The van der Waals surface area contributed by atoms with Crippen LogP contribution in [0.2, 0.25) is 0 Å². The standard InChI is InChI=1S/C14H22N4O4/c1-3-9(17-5-11(19)15-12(20)6-17)10(4-2)18-7-13(21)16-14(22)8-18/h9-10H,3-8H2,1-2H3,(H,15,19,20)(H,16,21,22). The summed E-state index contributed by atoms with van der Waals surface area (Å²) in [7, 11) is 0. The zero-order valence-corrected chi connectivity index (χ0v) is 12.9. The minimum absolute atomic E-state index is 0.0568. The van der Waals surface area contributed by atoms with E-state index < -0.39 is 0 Å². The van der Waals surface area contributed by atoms with Crippen LogP contribution in [-0.4, -0.2) is 71.7 Å². The molecule has 0 aromatic heterocycles. The summed E-state index contributed by atoms with van der Waals surface area (Å²) in [6, 6.07) is -0.114. The Hall–Kier alpha value is -1.80. The van der Waals surface area contributed by atoms with Crippen LogP contribution in [0.25, 0.3) is 0 Å². The highest BCUT2D eigenvalue weighted by atomic mass is 16.2. The van der Waals surface area contributed by atoms with Crippen molar-refractivity contribution in [3.05, 3.63) is 0 Å². The molecule has 2 rings (SSSR count). The quantitative estimate of drug-likeness (QED) is 0.597. The molecule has 0 saturated carbocycles. The van der Waals surface area contributed by atoms with Crippen molar-refractivity contribution in [1.29, 1.82) is 0 Å². The number of rotatable bonds is 5. The van der Waals surface area contributed by atoms with Crippen LogP contribution in [0.15, 0.2) is 0 Å². The van der Waals surface area contributed by atoms with Crippen molar-refractivity contribution < 1.29 is 19.2 Å². The third-order valence-corrected chi connectivity index (χ3v) is 4.16. The van der Waals surface area contributed by atoms with E-state index in [0.717, 1.165) is 12.8 Å². The maximum Gasteiger partial charge on any atom is 0.240 e. The first kappa shape index (κ1) is 16.6. The lowest BCUT2D eigenvalue weighted by atomic mass is 9.97. The molecule has 2 fully saturated rings. The van der Waals surface area contributed by atoms with E-state index in [1.54, 1.807) is 0 Å². The van der Waals surface area contributed by atoms with Gasteiger partial charge in [-0.3, -0.25) is 39.6 Å². The van der Waals surface area contributed by atoms with Gasteiger partial charge < -0.3 is 0 Å². The fraction of sp³-hybridized carbons (Fsp3) is 0.714. The topological polar surface area (TPSA) is 98.8 Å². The Bertz CT molecular complexity index is 417. The molecule has 4 amide bonds. The lowest BCUT2D eigenvalue weighted by molar-refractivity contribution is -0.142. The number of imide groups is 2. The molecule has 8 nitrogen and oxygen atoms in total. The second-order valence-corrected chi connectivity index (χ2v) is 5.70. The summed E-state index contributed by atoms with van der Waals surface area (Å²) in [5, 5.41) is 4.57. The Balaban J connectivity index is 2.15. The Morgan fingerprint density at radius 1 is 0.727 bits per heavy atom. The van der Waals surface area contributed by atoms with Gasteiger partial charge in [-0.05, 0) is 12.8 Å². The van der Waals surface area contributed by atoms with Crippen molar-refractivity contribution in [2.24, 2.45) is 0 Å². The van der Waals surface area contributed by atoms with Crippen molar-refractivity contribution in [3.63, 3.8) is 0 Å². The first-order valence-corrected chi connectivity index (χ1v) is 7.58. The van der Waals surface area contributed by atoms with E-state index in [1.165, 1.54) is 0 Å². The number of nitrogens with one attached hydrogen (secondary N) is 2. The summed E-state index contributed by atoms with van der Waals surface area (Å²) < 4.78 is 0. The molecule has 0 bridgehead atoms. The van der Waals surface area contributed by atoms with Gasteiger partial charge in [0.15, 0.2) is 0 Å². The van der Waals surface area contributed by atoms with Crippen molar-refractivity contribution in [3.8, 4) is 0 Å². The average Bonchev–Trinajstić information content (AvgIpc) is 2.42. The minimum Gasteiger partial charge on any atom is -0.294 e. The SMILES string of the molecule is CCC(C(CC)N1CC(=O)NC(=O)C1)N1CC(=O)NC(=O)C1. The molecule has 0 spiro atoms. The van der Waals surface area contributed by atoms with E-state index in [4.69, 9.17) is 0 Å². The van der Waals surface area contributed by atoms with E-state index >= 15 is 0 Å². The highest BCUT2D eigenvalue weighted by molar-refractivity contribution is 6.00. The third kappa shape index (κ3) is 3.69. The van der Waals surface area contributed by atoms with Crippen molar-refractivity contribution in [2.75, 3.05) is 26.2 Å². The molecule has 2 heterocycles. The van der Waals surface area contributed by atoms with Gasteiger partial charge in [0, 0.05) is 12.1 Å². The molecular formula is C14H22N4O4. The van der Waals surface area contributed by atoms with E-state index in [1.807, 2.05) is 23.6 Å². The van der Waals surface area contributed by atoms with E-state index in [9.17, 15) is 19.2 Å². The molecule has 2 N–H and O–H groups in total. The predicted octanol–water partition coefficient (Wildman–Crippen LogP) is -1.54. The van der Waals surface area contributed by atoms with Crippen LogP contribution in [0.4, 0.5) is 0 Å². The first-order chi connectivity index (χ1) is 10.4. The molecule has 2 aliphatic heterocycles. The molecule has 0 radical (unpaired) electrons. The molecule has 2 aliphatic rings. The summed E-state index contributed by atoms with van der Waals surface area (Å²) in [6.45, 7) is 4.61. The summed E-state index contributed by atoms with van der Waals surface area (Å²) in [4.78, 5) is 50.0. The van der Waals surface area contributed by atoms with Crippen molar-refractivity contribution in [2.45, 2.75) is 38.8 Å². The number of hydrogen-bond donors (Lipinski definition) is 2. The zero-order valence-electron chi connectivity index (χ0n) is 12.9. The van der Waals surface area contributed by atoms with Crippen LogP contribution >= 0.6 is 0 Å². The second-order valence-electron chi connectivity index (χ2n) is 5.70. The van der Waals surface area contributed by atoms with Crippen LogP contribution < -0.4 is 10.6 Å². The number of amides is 4. The van der Waals surface area contributed by atoms with E-state index in [2.05, 4.69) is 10.6 Å². The van der Waals surface area contributed by atoms with Crippen LogP contribution in [-0.2, 0) is 19.2 Å². The third-order valence-electron chi connectivity index (χ3n) is 4.16. The summed E-state index contributed by atoms with van der Waals surface area (Å²) >= 11 is 0. The molecule has 0 aliphatic carbocycles. The maximum absolute atomic E-state index is 11.6. The average molecular weight is 310 g/mol. The Kier molecular flexibility index (Phi) is 5.25. The van der Waals surface area contributed by atoms with Gasteiger partial charge in [-0.25, -0.2) is 0 Å². The molecule has 122 valence electrons. The first-order valence-electron chi connectivity index (χ1n) is 7.58. The molecule has 22 heavy (non-hydrogen) atoms. The van der Waals surface area contributed by atoms with Gasteiger partial charge in [-0.1, -0.05) is 13.8 Å². The smallest absolute Gasteiger partial charge is 0.240 e. The normalized spacial score (nSPS) is 23.9. The highest BCUT2D eigenvalue weighted by Gasteiger charge is 2.37. The van der Waals surface area contributed by atoms with Gasteiger partial charge in [-0.15, -0.1) is 0 Å². The monoisotopic (exact) mass is 310 g/mol. The Labute approximate surface area is 129 Å². The largest absolute Gasteiger partial charge is 0.294 e. The minimum atomic E-state index is -0.308. The number of carbonyl (C=O) groups is 4. The number of nitrogens with zero attached hydrogens (tertiary/aromatic N) is 2. The molecule has 2 saturated heterocycles. The molecule has 0 aromatic rings. The molecule has 0 aromatic carbocycles. The fourth-order valence-corrected chi connectivity index (χ4v) is 3.34. The zero-order chi connectivity index (χ0) is 16.3. The van der Waals surface area contributed by atoms with Crippen LogP contribution in [0.3, 0.4) is 0 Å². The number of carbonyl (C=O) groups excluding carboxylic acids is 4. The molecule has 8 heteroatoms. The van der Waals surface area contributed by atoms with Crippen LogP contribution in [0.1, 0.15) is 26.7 Å². The summed E-state index contributed by atoms with van der Waals surface area (Å²) in [5.74, 6) is -1.23. The Morgan fingerprint density at radius 2 is 1.00 bits per heavy atom. The fourth-order valence-electron chi connectivity index (χ4n) is 3.34. The predicted molar refractivity (Wildman–Crippen MR) is 77.6 cm³/mol. The molecule has 2 unspecified atom stereocenters. The second kappa shape index (κ2) is 6.97.